The molecular weight excluding hydrogens is 248 g/mol. The summed E-state index contributed by atoms with van der Waals surface area (Å²) in [5, 5.41) is 0. The summed E-state index contributed by atoms with van der Waals surface area (Å²) >= 11 is 0. The van der Waals surface area contributed by atoms with Crippen LogP contribution in [0.15, 0.2) is 60.2 Å². The van der Waals surface area contributed by atoms with E-state index in [1.165, 1.54) is 5.56 Å². The molecule has 0 saturated carbocycles. The van der Waals surface area contributed by atoms with Crippen molar-refractivity contribution in [3.8, 4) is 0 Å². The van der Waals surface area contributed by atoms with Crippen LogP contribution in [0.5, 0.6) is 0 Å². The maximum atomic E-state index is 11.9. The molecule has 1 aliphatic rings. The lowest BCUT2D eigenvalue weighted by atomic mass is 9.93. The highest BCUT2D eigenvalue weighted by Gasteiger charge is 2.33. The topological polar surface area (TPSA) is 26.3 Å². The Hall–Kier alpha value is -2.35. The van der Waals surface area contributed by atoms with Gasteiger partial charge in [0.2, 0.25) is 0 Å². The number of ether oxygens (including phenoxy) is 1. The van der Waals surface area contributed by atoms with Crippen LogP contribution in [0.1, 0.15) is 29.7 Å². The van der Waals surface area contributed by atoms with E-state index in [1.54, 1.807) is 0 Å². The fourth-order valence-electron chi connectivity index (χ4n) is 2.52. The van der Waals surface area contributed by atoms with Gasteiger partial charge in [-0.3, -0.25) is 0 Å². The molecule has 1 aliphatic heterocycles. The molecule has 0 aliphatic carbocycles. The zero-order chi connectivity index (χ0) is 14.1. The Morgan fingerprint density at radius 3 is 2.20 bits per heavy atom. The number of rotatable bonds is 2. The van der Waals surface area contributed by atoms with E-state index in [0.29, 0.717) is 5.57 Å². The minimum Gasteiger partial charge on any atom is -0.449 e. The fraction of sp³-hybridized carbons (Fsp3) is 0.167. The maximum absolute atomic E-state index is 11.9. The summed E-state index contributed by atoms with van der Waals surface area (Å²) in [6.45, 7) is 3.89. The van der Waals surface area contributed by atoms with Crippen molar-refractivity contribution < 1.29 is 9.53 Å². The van der Waals surface area contributed by atoms with Crippen LogP contribution in [0.25, 0.3) is 5.57 Å². The number of carbonyl (C=O) groups excluding carboxylic acids is 1. The SMILES string of the molecule is CC1=C(c2ccc(C)cc2)C(c2ccccc2)OC1=O. The second kappa shape index (κ2) is 4.97. The Kier molecular flexibility index (Phi) is 3.15. The van der Waals surface area contributed by atoms with Gasteiger partial charge in [0.05, 0.1) is 0 Å². The van der Waals surface area contributed by atoms with Crippen LogP contribution in [0.4, 0.5) is 0 Å². The Balaban J connectivity index is 2.09. The van der Waals surface area contributed by atoms with E-state index in [-0.39, 0.29) is 12.1 Å². The molecule has 2 nitrogen and oxygen atoms in total. The Bertz CT molecular complexity index is 666. The molecule has 0 amide bonds. The van der Waals surface area contributed by atoms with Gasteiger partial charge in [-0.05, 0) is 25.0 Å². The summed E-state index contributed by atoms with van der Waals surface area (Å²) in [7, 11) is 0. The van der Waals surface area contributed by atoms with Crippen LogP contribution in [-0.2, 0) is 9.53 Å². The van der Waals surface area contributed by atoms with E-state index in [9.17, 15) is 4.79 Å². The van der Waals surface area contributed by atoms with Crippen LogP contribution in [0.2, 0.25) is 0 Å². The van der Waals surface area contributed by atoms with Crippen LogP contribution in [0, 0.1) is 6.92 Å². The molecule has 0 spiro atoms. The van der Waals surface area contributed by atoms with Crippen molar-refractivity contribution in [2.24, 2.45) is 0 Å². The second-order valence-electron chi connectivity index (χ2n) is 5.10. The normalized spacial score (nSPS) is 18.3. The van der Waals surface area contributed by atoms with Crippen LogP contribution >= 0.6 is 0 Å². The predicted molar refractivity (Wildman–Crippen MR) is 79.0 cm³/mol. The minimum absolute atomic E-state index is 0.227. The lowest BCUT2D eigenvalue weighted by molar-refractivity contribution is -0.139. The molecule has 100 valence electrons. The molecule has 0 bridgehead atoms. The molecule has 1 unspecified atom stereocenters. The third-order valence-electron chi connectivity index (χ3n) is 3.66. The van der Waals surface area contributed by atoms with Crippen molar-refractivity contribution in [1.82, 2.24) is 0 Å². The zero-order valence-corrected chi connectivity index (χ0v) is 11.6. The minimum atomic E-state index is -0.300. The molecule has 1 atom stereocenters. The van der Waals surface area contributed by atoms with Gasteiger partial charge in [-0.25, -0.2) is 4.79 Å². The lowest BCUT2D eigenvalue weighted by Gasteiger charge is -2.15. The van der Waals surface area contributed by atoms with Gasteiger partial charge in [0, 0.05) is 11.1 Å². The summed E-state index contributed by atoms with van der Waals surface area (Å²) in [6, 6.07) is 18.1. The first-order valence-corrected chi connectivity index (χ1v) is 6.70. The first-order valence-electron chi connectivity index (χ1n) is 6.70. The molecule has 3 rings (SSSR count). The number of cyclic esters (lactones) is 1. The number of hydrogen-bond donors (Lipinski definition) is 0. The predicted octanol–water partition coefficient (Wildman–Crippen LogP) is 4.07. The number of hydrogen-bond acceptors (Lipinski definition) is 2. The average Bonchev–Trinajstić information content (AvgIpc) is 2.77. The lowest BCUT2D eigenvalue weighted by Crippen LogP contribution is -2.02. The quantitative estimate of drug-likeness (QED) is 0.764. The van der Waals surface area contributed by atoms with Gasteiger partial charge in [0.25, 0.3) is 0 Å². The monoisotopic (exact) mass is 264 g/mol. The van der Waals surface area contributed by atoms with E-state index in [0.717, 1.165) is 16.7 Å². The Morgan fingerprint density at radius 2 is 1.55 bits per heavy atom. The van der Waals surface area contributed by atoms with Crippen molar-refractivity contribution in [3.63, 3.8) is 0 Å². The van der Waals surface area contributed by atoms with E-state index < -0.39 is 0 Å². The van der Waals surface area contributed by atoms with E-state index in [2.05, 4.69) is 19.1 Å². The highest BCUT2D eigenvalue weighted by atomic mass is 16.5. The molecule has 0 saturated heterocycles. The molecule has 2 aromatic carbocycles. The number of carbonyl (C=O) groups is 1. The van der Waals surface area contributed by atoms with Gasteiger partial charge in [-0.2, -0.15) is 0 Å². The zero-order valence-electron chi connectivity index (χ0n) is 11.6. The molecule has 0 radical (unpaired) electrons. The number of aryl methyl sites for hydroxylation is 1. The van der Waals surface area contributed by atoms with Crippen molar-refractivity contribution in [2.75, 3.05) is 0 Å². The number of esters is 1. The van der Waals surface area contributed by atoms with Gasteiger partial charge < -0.3 is 4.74 Å². The summed E-state index contributed by atoms with van der Waals surface area (Å²) in [5.74, 6) is -0.227. The molecule has 2 aromatic rings. The van der Waals surface area contributed by atoms with Gasteiger partial charge in [0.1, 0.15) is 0 Å². The van der Waals surface area contributed by atoms with Crippen molar-refractivity contribution in [2.45, 2.75) is 20.0 Å². The van der Waals surface area contributed by atoms with Gasteiger partial charge in [-0.1, -0.05) is 60.2 Å². The molecule has 0 fully saturated rings. The smallest absolute Gasteiger partial charge is 0.335 e. The number of benzene rings is 2. The van der Waals surface area contributed by atoms with Gasteiger partial charge in [0.15, 0.2) is 6.10 Å². The molecule has 1 heterocycles. The van der Waals surface area contributed by atoms with Gasteiger partial charge >= 0.3 is 5.97 Å². The van der Waals surface area contributed by atoms with Crippen LogP contribution in [0.3, 0.4) is 0 Å². The van der Waals surface area contributed by atoms with Crippen molar-refractivity contribution in [3.05, 3.63) is 76.9 Å². The third-order valence-corrected chi connectivity index (χ3v) is 3.66. The molecule has 20 heavy (non-hydrogen) atoms. The highest BCUT2D eigenvalue weighted by Crippen LogP contribution is 2.41. The largest absolute Gasteiger partial charge is 0.449 e. The molecule has 0 aromatic heterocycles. The first-order chi connectivity index (χ1) is 9.66. The van der Waals surface area contributed by atoms with Crippen molar-refractivity contribution >= 4 is 11.5 Å². The summed E-state index contributed by atoms with van der Waals surface area (Å²) < 4.78 is 5.54. The maximum Gasteiger partial charge on any atom is 0.335 e. The Morgan fingerprint density at radius 1 is 0.900 bits per heavy atom. The average molecular weight is 264 g/mol. The van der Waals surface area contributed by atoms with E-state index in [4.69, 9.17) is 4.74 Å². The second-order valence-corrected chi connectivity index (χ2v) is 5.10. The fourth-order valence-corrected chi connectivity index (χ4v) is 2.52. The van der Waals surface area contributed by atoms with Crippen molar-refractivity contribution in [1.29, 1.82) is 0 Å². The van der Waals surface area contributed by atoms with E-state index in [1.807, 2.05) is 49.4 Å². The first kappa shape index (κ1) is 12.7. The van der Waals surface area contributed by atoms with Gasteiger partial charge in [-0.15, -0.1) is 0 Å². The summed E-state index contributed by atoms with van der Waals surface area (Å²) in [6.07, 6.45) is -0.300. The van der Waals surface area contributed by atoms with Crippen LogP contribution in [-0.4, -0.2) is 5.97 Å². The molecule has 0 N–H and O–H groups in total. The third kappa shape index (κ3) is 2.14. The van der Waals surface area contributed by atoms with E-state index >= 15 is 0 Å². The van der Waals surface area contributed by atoms with Crippen LogP contribution < -0.4 is 0 Å². The Labute approximate surface area is 118 Å². The highest BCUT2D eigenvalue weighted by molar-refractivity contribution is 6.02. The molecular formula is C18H16O2. The molecule has 2 heteroatoms. The summed E-state index contributed by atoms with van der Waals surface area (Å²) in [5.41, 5.74) is 4.93. The standard InChI is InChI=1S/C18H16O2/c1-12-8-10-14(11-9-12)16-13(2)18(19)20-17(16)15-6-4-3-5-7-15/h3-11,17H,1-2H3. The summed E-state index contributed by atoms with van der Waals surface area (Å²) in [4.78, 5) is 11.9.